The molecule has 0 aromatic heterocycles. The molecule has 0 heterocycles. The summed E-state index contributed by atoms with van der Waals surface area (Å²) >= 11 is 6.04. The summed E-state index contributed by atoms with van der Waals surface area (Å²) in [5.74, 6) is 0.763. The van der Waals surface area contributed by atoms with Crippen LogP contribution in [0.5, 0.6) is 11.5 Å². The zero-order valence-electron chi connectivity index (χ0n) is 16.5. The number of benzene rings is 2. The molecule has 0 atom stereocenters. The van der Waals surface area contributed by atoms with Crippen molar-refractivity contribution >= 4 is 24.0 Å². The van der Waals surface area contributed by atoms with E-state index in [1.807, 2.05) is 32.0 Å². The molecule has 0 amide bonds. The molecule has 0 spiro atoms. The minimum atomic E-state index is -0.385. The molecular weight excluding hydrogens is 404 g/mol. The number of methoxy groups -OCH3 is 1. The summed E-state index contributed by atoms with van der Waals surface area (Å²) in [7, 11) is 1.58. The van der Waals surface area contributed by atoms with Crippen LogP contribution in [0.15, 0.2) is 36.4 Å². The second-order valence-electron chi connectivity index (χ2n) is 6.42. The molecule has 2 rings (SSSR count). The number of hydrogen-bond acceptors (Lipinski definition) is 4. The Balaban J connectivity index is 0.00000392. The highest BCUT2D eigenvalue weighted by molar-refractivity contribution is 6.31. The van der Waals surface area contributed by atoms with Gasteiger partial charge in [0.25, 0.3) is 0 Å². The number of rotatable bonds is 11. The molecule has 0 bridgehead atoms. The van der Waals surface area contributed by atoms with Crippen LogP contribution in [0.25, 0.3) is 0 Å². The van der Waals surface area contributed by atoms with Gasteiger partial charge < -0.3 is 19.5 Å². The van der Waals surface area contributed by atoms with E-state index in [1.54, 1.807) is 19.2 Å². The van der Waals surface area contributed by atoms with Gasteiger partial charge in [0.1, 0.15) is 12.4 Å². The smallest absolute Gasteiger partial charge is 0.161 e. The SMILES string of the molecule is COc1cc(CNCCCOC(C)C)ccc1OCc1c(F)cccc1Cl.Cl. The number of ether oxygens (including phenoxy) is 3. The number of halogens is 3. The predicted octanol–water partition coefficient (Wildman–Crippen LogP) is 5.39. The van der Waals surface area contributed by atoms with Crippen LogP contribution in [0, 0.1) is 5.82 Å². The summed E-state index contributed by atoms with van der Waals surface area (Å²) in [5, 5.41) is 3.72. The van der Waals surface area contributed by atoms with Gasteiger partial charge in [0, 0.05) is 18.7 Å². The quantitative estimate of drug-likeness (QED) is 0.483. The van der Waals surface area contributed by atoms with Crippen molar-refractivity contribution in [3.05, 3.63) is 58.4 Å². The lowest BCUT2D eigenvalue weighted by Gasteiger charge is -2.14. The zero-order valence-corrected chi connectivity index (χ0v) is 18.0. The first-order valence-electron chi connectivity index (χ1n) is 9.06. The Morgan fingerprint density at radius 2 is 1.93 bits per heavy atom. The maximum Gasteiger partial charge on any atom is 0.161 e. The van der Waals surface area contributed by atoms with Crippen molar-refractivity contribution in [1.29, 1.82) is 0 Å². The first-order valence-corrected chi connectivity index (χ1v) is 9.44. The standard InChI is InChI=1S/C21H27ClFNO3.ClH/c1-15(2)26-11-5-10-24-13-16-8-9-20(21(12-16)25-3)27-14-17-18(22)6-4-7-19(17)23;/h4,6-9,12,15,24H,5,10-11,13-14H2,1-3H3;1H. The lowest BCUT2D eigenvalue weighted by atomic mass is 10.2. The molecule has 0 saturated heterocycles. The van der Waals surface area contributed by atoms with E-state index in [0.29, 0.717) is 22.1 Å². The molecule has 28 heavy (non-hydrogen) atoms. The van der Waals surface area contributed by atoms with E-state index in [4.69, 9.17) is 25.8 Å². The molecule has 0 aliphatic heterocycles. The third-order valence-electron chi connectivity index (χ3n) is 3.94. The van der Waals surface area contributed by atoms with E-state index in [1.165, 1.54) is 6.07 Å². The normalized spacial score (nSPS) is 10.6. The first kappa shape index (κ1) is 24.5. The number of nitrogens with one attached hydrogen (secondary N) is 1. The fraction of sp³-hybridized carbons (Fsp3) is 0.429. The molecule has 7 heteroatoms. The maximum absolute atomic E-state index is 13.9. The van der Waals surface area contributed by atoms with E-state index in [0.717, 1.165) is 31.7 Å². The van der Waals surface area contributed by atoms with Gasteiger partial charge in [0.2, 0.25) is 0 Å². The highest BCUT2D eigenvalue weighted by atomic mass is 35.5. The lowest BCUT2D eigenvalue weighted by molar-refractivity contribution is 0.0770. The fourth-order valence-corrected chi connectivity index (χ4v) is 2.73. The highest BCUT2D eigenvalue weighted by Gasteiger charge is 2.11. The van der Waals surface area contributed by atoms with Gasteiger partial charge in [-0.3, -0.25) is 0 Å². The van der Waals surface area contributed by atoms with E-state index in [9.17, 15) is 4.39 Å². The van der Waals surface area contributed by atoms with Gasteiger partial charge in [-0.05, 0) is 56.6 Å². The topological polar surface area (TPSA) is 39.7 Å². The van der Waals surface area contributed by atoms with Crippen LogP contribution in [-0.4, -0.2) is 26.4 Å². The Morgan fingerprint density at radius 1 is 1.14 bits per heavy atom. The van der Waals surface area contributed by atoms with Crippen molar-refractivity contribution in [3.8, 4) is 11.5 Å². The van der Waals surface area contributed by atoms with Gasteiger partial charge >= 0.3 is 0 Å². The van der Waals surface area contributed by atoms with Crippen molar-refractivity contribution in [2.24, 2.45) is 0 Å². The van der Waals surface area contributed by atoms with E-state index >= 15 is 0 Å². The van der Waals surface area contributed by atoms with Crippen LogP contribution in [0.3, 0.4) is 0 Å². The Morgan fingerprint density at radius 3 is 2.61 bits per heavy atom. The fourth-order valence-electron chi connectivity index (χ4n) is 2.51. The zero-order chi connectivity index (χ0) is 19.6. The van der Waals surface area contributed by atoms with Crippen LogP contribution in [-0.2, 0) is 17.9 Å². The molecule has 0 unspecified atom stereocenters. The molecule has 0 fully saturated rings. The van der Waals surface area contributed by atoms with Crippen molar-refractivity contribution in [2.75, 3.05) is 20.3 Å². The molecule has 1 N–H and O–H groups in total. The molecule has 0 aliphatic rings. The summed E-state index contributed by atoms with van der Waals surface area (Å²) in [6.45, 7) is 6.44. The van der Waals surface area contributed by atoms with Gasteiger partial charge in [0.05, 0.1) is 18.2 Å². The lowest BCUT2D eigenvalue weighted by Crippen LogP contribution is -2.17. The maximum atomic E-state index is 13.9. The third-order valence-corrected chi connectivity index (χ3v) is 4.29. The molecule has 4 nitrogen and oxygen atoms in total. The van der Waals surface area contributed by atoms with E-state index in [-0.39, 0.29) is 30.9 Å². The minimum Gasteiger partial charge on any atom is -0.493 e. The van der Waals surface area contributed by atoms with Crippen molar-refractivity contribution in [2.45, 2.75) is 39.5 Å². The Hall–Kier alpha value is -1.53. The average Bonchev–Trinajstić information content (AvgIpc) is 2.64. The third kappa shape index (κ3) is 7.84. The summed E-state index contributed by atoms with van der Waals surface area (Å²) in [6.07, 6.45) is 1.22. The second kappa shape index (κ2) is 12.8. The molecule has 0 aliphatic carbocycles. The summed E-state index contributed by atoms with van der Waals surface area (Å²) in [4.78, 5) is 0. The largest absolute Gasteiger partial charge is 0.493 e. The summed E-state index contributed by atoms with van der Waals surface area (Å²) < 4.78 is 30.5. The summed E-state index contributed by atoms with van der Waals surface area (Å²) in [5.41, 5.74) is 1.41. The van der Waals surface area contributed by atoms with Gasteiger partial charge in [0.15, 0.2) is 11.5 Å². The van der Waals surface area contributed by atoms with Crippen molar-refractivity contribution < 1.29 is 18.6 Å². The van der Waals surface area contributed by atoms with Crippen LogP contribution in [0.1, 0.15) is 31.4 Å². The predicted molar refractivity (Wildman–Crippen MR) is 113 cm³/mol. The highest BCUT2D eigenvalue weighted by Crippen LogP contribution is 2.30. The Labute approximate surface area is 177 Å². The molecule has 0 saturated carbocycles. The Kier molecular flexibility index (Phi) is 11.2. The van der Waals surface area contributed by atoms with Crippen LogP contribution in [0.2, 0.25) is 5.02 Å². The number of hydrogen-bond donors (Lipinski definition) is 1. The summed E-state index contributed by atoms with van der Waals surface area (Å²) in [6, 6.07) is 10.3. The molecule has 2 aromatic rings. The Bertz CT molecular complexity index is 709. The van der Waals surface area contributed by atoms with E-state index < -0.39 is 0 Å². The van der Waals surface area contributed by atoms with Crippen LogP contribution in [0.4, 0.5) is 4.39 Å². The molecule has 0 radical (unpaired) electrons. The minimum absolute atomic E-state index is 0. The van der Waals surface area contributed by atoms with Gasteiger partial charge in [-0.1, -0.05) is 23.7 Å². The van der Waals surface area contributed by atoms with Gasteiger partial charge in [-0.15, -0.1) is 12.4 Å². The van der Waals surface area contributed by atoms with Gasteiger partial charge in [-0.25, -0.2) is 4.39 Å². The molecule has 2 aromatic carbocycles. The first-order chi connectivity index (χ1) is 13.0. The van der Waals surface area contributed by atoms with Gasteiger partial charge in [-0.2, -0.15) is 0 Å². The van der Waals surface area contributed by atoms with Crippen molar-refractivity contribution in [3.63, 3.8) is 0 Å². The monoisotopic (exact) mass is 431 g/mol. The molecular formula is C21H28Cl2FNO3. The van der Waals surface area contributed by atoms with Crippen LogP contribution < -0.4 is 14.8 Å². The van der Waals surface area contributed by atoms with E-state index in [2.05, 4.69) is 5.32 Å². The average molecular weight is 432 g/mol. The molecule has 156 valence electrons. The van der Waals surface area contributed by atoms with Crippen molar-refractivity contribution in [1.82, 2.24) is 5.32 Å². The second-order valence-corrected chi connectivity index (χ2v) is 6.83. The van der Waals surface area contributed by atoms with Crippen LogP contribution >= 0.6 is 24.0 Å².